The van der Waals surface area contributed by atoms with Gasteiger partial charge in [-0.3, -0.25) is 0 Å². The molecule has 0 saturated heterocycles. The fourth-order valence-corrected chi connectivity index (χ4v) is 1.44. The van der Waals surface area contributed by atoms with Crippen LogP contribution in [0.1, 0.15) is 30.6 Å². The normalized spacial score (nSPS) is 10.1. The number of rotatable bonds is 6. The van der Waals surface area contributed by atoms with E-state index in [4.69, 9.17) is 9.47 Å². The summed E-state index contributed by atoms with van der Waals surface area (Å²) in [6, 6.07) is 0. The van der Waals surface area contributed by atoms with Crippen LogP contribution in [0.15, 0.2) is 11.4 Å². The van der Waals surface area contributed by atoms with E-state index in [1.165, 1.54) is 18.0 Å². The molecule has 0 unspecified atom stereocenters. The fraction of sp³-hybridized carbons (Fsp3) is 0.545. The van der Waals surface area contributed by atoms with Crippen LogP contribution in [0.4, 0.5) is 0 Å². The molecule has 0 radical (unpaired) electrons. The minimum absolute atomic E-state index is 0.276. The summed E-state index contributed by atoms with van der Waals surface area (Å²) >= 11 is 1.40. The van der Waals surface area contributed by atoms with E-state index < -0.39 is 5.97 Å². The van der Waals surface area contributed by atoms with E-state index >= 15 is 0 Å². The van der Waals surface area contributed by atoms with Crippen LogP contribution in [-0.2, 0) is 4.74 Å². The summed E-state index contributed by atoms with van der Waals surface area (Å²) in [7, 11) is 0. The number of nitrogens with zero attached hydrogens (tertiary/aromatic N) is 2. The Morgan fingerprint density at radius 1 is 1.47 bits per heavy atom. The number of thioether (sulfide) groups is 1. The van der Waals surface area contributed by atoms with Gasteiger partial charge in [0, 0.05) is 6.20 Å². The minimum atomic E-state index is -0.453. The lowest BCUT2D eigenvalue weighted by molar-refractivity contribution is 0.0519. The van der Waals surface area contributed by atoms with Crippen LogP contribution in [0.3, 0.4) is 0 Å². The zero-order chi connectivity index (χ0) is 12.7. The van der Waals surface area contributed by atoms with E-state index in [2.05, 4.69) is 9.97 Å². The van der Waals surface area contributed by atoms with E-state index in [1.54, 1.807) is 6.92 Å². The van der Waals surface area contributed by atoms with Crippen LogP contribution in [0.5, 0.6) is 5.88 Å². The first kappa shape index (κ1) is 13.8. The Labute approximate surface area is 105 Å². The topological polar surface area (TPSA) is 61.3 Å². The van der Waals surface area contributed by atoms with Crippen molar-refractivity contribution < 1.29 is 14.3 Å². The van der Waals surface area contributed by atoms with Crippen molar-refractivity contribution in [2.24, 2.45) is 0 Å². The number of carbonyl (C=O) groups is 1. The molecule has 1 aromatic heterocycles. The molecule has 5 nitrogen and oxygen atoms in total. The maximum absolute atomic E-state index is 11.6. The summed E-state index contributed by atoms with van der Waals surface area (Å²) < 4.78 is 10.3. The van der Waals surface area contributed by atoms with Gasteiger partial charge in [0.2, 0.25) is 5.88 Å². The molecule has 1 heterocycles. The highest BCUT2D eigenvalue weighted by atomic mass is 32.2. The van der Waals surface area contributed by atoms with E-state index in [1.807, 2.05) is 13.2 Å². The third-order valence-electron chi connectivity index (χ3n) is 1.85. The lowest BCUT2D eigenvalue weighted by Gasteiger charge is -2.09. The van der Waals surface area contributed by atoms with Crippen molar-refractivity contribution in [2.75, 3.05) is 19.5 Å². The highest BCUT2D eigenvalue weighted by Gasteiger charge is 2.16. The van der Waals surface area contributed by atoms with Crippen LogP contribution in [-0.4, -0.2) is 35.4 Å². The highest BCUT2D eigenvalue weighted by molar-refractivity contribution is 7.98. The summed E-state index contributed by atoms with van der Waals surface area (Å²) in [5, 5.41) is 0.573. The van der Waals surface area contributed by atoms with E-state index in [0.717, 1.165) is 6.42 Å². The number of esters is 1. The monoisotopic (exact) mass is 256 g/mol. The maximum atomic E-state index is 11.6. The molecule has 6 heteroatoms. The van der Waals surface area contributed by atoms with Crippen molar-refractivity contribution in [2.45, 2.75) is 25.4 Å². The lowest BCUT2D eigenvalue weighted by atomic mass is 10.3. The Morgan fingerprint density at radius 3 is 2.82 bits per heavy atom. The molecule has 0 saturated carbocycles. The zero-order valence-corrected chi connectivity index (χ0v) is 11.0. The first-order valence-corrected chi connectivity index (χ1v) is 6.66. The van der Waals surface area contributed by atoms with Gasteiger partial charge in [-0.1, -0.05) is 18.7 Å². The Morgan fingerprint density at radius 2 is 2.24 bits per heavy atom. The van der Waals surface area contributed by atoms with Crippen molar-refractivity contribution in [3.8, 4) is 5.88 Å². The SMILES string of the molecule is CCCOc1nc(SC)ncc1C(=O)OCC. The van der Waals surface area contributed by atoms with Crippen LogP contribution in [0, 0.1) is 0 Å². The van der Waals surface area contributed by atoms with E-state index in [-0.39, 0.29) is 5.56 Å². The first-order chi connectivity index (χ1) is 8.22. The van der Waals surface area contributed by atoms with Crippen LogP contribution in [0.25, 0.3) is 0 Å². The third kappa shape index (κ3) is 3.89. The molecule has 1 rings (SSSR count). The summed E-state index contributed by atoms with van der Waals surface area (Å²) in [5.74, 6) is -0.157. The second kappa shape index (κ2) is 7.11. The average molecular weight is 256 g/mol. The Balaban J connectivity index is 2.97. The molecule has 94 valence electrons. The average Bonchev–Trinajstić information content (AvgIpc) is 2.36. The van der Waals surface area contributed by atoms with Gasteiger partial charge in [0.05, 0.1) is 13.2 Å². The summed E-state index contributed by atoms with van der Waals surface area (Å²) in [6.45, 7) is 4.57. The van der Waals surface area contributed by atoms with Gasteiger partial charge in [-0.15, -0.1) is 0 Å². The van der Waals surface area contributed by atoms with E-state index in [9.17, 15) is 4.79 Å². The van der Waals surface area contributed by atoms with Gasteiger partial charge in [-0.2, -0.15) is 4.98 Å². The van der Waals surface area contributed by atoms with Crippen molar-refractivity contribution in [3.05, 3.63) is 11.8 Å². The number of hydrogen-bond donors (Lipinski definition) is 0. The molecule has 0 fully saturated rings. The Bertz CT molecular complexity index is 385. The Kier molecular flexibility index (Phi) is 5.76. The van der Waals surface area contributed by atoms with Gasteiger partial charge >= 0.3 is 5.97 Å². The minimum Gasteiger partial charge on any atom is -0.477 e. The standard InChI is InChI=1S/C11H16N2O3S/c1-4-6-16-9-8(10(14)15-5-2)7-12-11(13-9)17-3/h7H,4-6H2,1-3H3. The van der Waals surface area contributed by atoms with Crippen molar-refractivity contribution in [1.82, 2.24) is 9.97 Å². The third-order valence-corrected chi connectivity index (χ3v) is 2.41. The molecular formula is C11H16N2O3S. The molecular weight excluding hydrogens is 240 g/mol. The molecule has 1 aromatic rings. The maximum Gasteiger partial charge on any atom is 0.345 e. The fourth-order valence-electron chi connectivity index (χ4n) is 1.11. The van der Waals surface area contributed by atoms with Crippen molar-refractivity contribution in [3.63, 3.8) is 0 Å². The predicted octanol–water partition coefficient (Wildman–Crippen LogP) is 2.16. The molecule has 0 bridgehead atoms. The highest BCUT2D eigenvalue weighted by Crippen LogP contribution is 2.19. The van der Waals surface area contributed by atoms with Gasteiger partial charge in [0.25, 0.3) is 0 Å². The molecule has 0 N–H and O–H groups in total. The molecule has 0 spiro atoms. The molecule has 0 atom stereocenters. The summed E-state index contributed by atoms with van der Waals surface area (Å²) in [6.07, 6.45) is 4.16. The van der Waals surface area contributed by atoms with Crippen LogP contribution >= 0.6 is 11.8 Å². The first-order valence-electron chi connectivity index (χ1n) is 5.43. The number of carbonyl (C=O) groups excluding carboxylic acids is 1. The molecule has 0 aliphatic rings. The molecule has 0 aliphatic heterocycles. The van der Waals surface area contributed by atoms with Gasteiger partial charge in [-0.25, -0.2) is 9.78 Å². The largest absolute Gasteiger partial charge is 0.477 e. The van der Waals surface area contributed by atoms with Gasteiger partial charge in [-0.05, 0) is 19.6 Å². The summed E-state index contributed by atoms with van der Waals surface area (Å²) in [5.41, 5.74) is 0.276. The van der Waals surface area contributed by atoms with Gasteiger partial charge < -0.3 is 9.47 Å². The lowest BCUT2D eigenvalue weighted by Crippen LogP contribution is -2.11. The second-order valence-electron chi connectivity index (χ2n) is 3.14. The molecule has 0 aromatic carbocycles. The number of ether oxygens (including phenoxy) is 2. The molecule has 0 aliphatic carbocycles. The van der Waals surface area contributed by atoms with Crippen LogP contribution < -0.4 is 4.74 Å². The van der Waals surface area contributed by atoms with Gasteiger partial charge in [0.1, 0.15) is 5.56 Å². The van der Waals surface area contributed by atoms with E-state index in [0.29, 0.717) is 24.3 Å². The predicted molar refractivity (Wildman–Crippen MR) is 65.6 cm³/mol. The summed E-state index contributed by atoms with van der Waals surface area (Å²) in [4.78, 5) is 19.8. The quantitative estimate of drug-likeness (QED) is 0.441. The number of aromatic nitrogens is 2. The molecule has 17 heavy (non-hydrogen) atoms. The van der Waals surface area contributed by atoms with Crippen LogP contribution in [0.2, 0.25) is 0 Å². The zero-order valence-electron chi connectivity index (χ0n) is 10.2. The van der Waals surface area contributed by atoms with Crippen molar-refractivity contribution >= 4 is 17.7 Å². The Hall–Kier alpha value is -1.30. The molecule has 0 amide bonds. The van der Waals surface area contributed by atoms with Gasteiger partial charge in [0.15, 0.2) is 5.16 Å². The second-order valence-corrected chi connectivity index (χ2v) is 3.92. The smallest absolute Gasteiger partial charge is 0.345 e. The van der Waals surface area contributed by atoms with Crippen molar-refractivity contribution in [1.29, 1.82) is 0 Å². The number of hydrogen-bond acceptors (Lipinski definition) is 6.